The van der Waals surface area contributed by atoms with Gasteiger partial charge < -0.3 is 4.74 Å². The maximum Gasteiger partial charge on any atom is 0.412 e. The zero-order valence-corrected chi connectivity index (χ0v) is 6.22. The van der Waals surface area contributed by atoms with E-state index in [1.54, 1.807) is 0 Å². The van der Waals surface area contributed by atoms with Gasteiger partial charge in [-0.15, -0.1) is 0 Å². The molecule has 0 N–H and O–H groups in total. The highest BCUT2D eigenvalue weighted by Gasteiger charge is 2.10. The normalized spacial score (nSPS) is 9.78. The van der Waals surface area contributed by atoms with Gasteiger partial charge in [-0.1, -0.05) is 0 Å². The van der Waals surface area contributed by atoms with Crippen molar-refractivity contribution >= 4 is 15.4 Å². The topological polar surface area (TPSA) is 26.3 Å². The lowest BCUT2D eigenvalue weighted by atomic mass is 10.5. The summed E-state index contributed by atoms with van der Waals surface area (Å²) in [5, 5.41) is 0. The van der Waals surface area contributed by atoms with Crippen LogP contribution in [0.25, 0.3) is 0 Å². The highest BCUT2D eigenvalue weighted by Crippen LogP contribution is 2.00. The second-order valence-corrected chi connectivity index (χ2v) is 2.87. The van der Waals surface area contributed by atoms with Crippen molar-refractivity contribution in [3.8, 4) is 0 Å². The summed E-state index contributed by atoms with van der Waals surface area (Å²) in [6.07, 6.45) is -0.139. The van der Waals surface area contributed by atoms with Crippen molar-refractivity contribution in [3.05, 3.63) is 0 Å². The third-order valence-corrected chi connectivity index (χ3v) is 1.52. The molecule has 0 spiro atoms. The smallest absolute Gasteiger partial charge is 0.412 e. The van der Waals surface area contributed by atoms with Crippen LogP contribution >= 0.6 is 0 Å². The summed E-state index contributed by atoms with van der Waals surface area (Å²) in [7, 11) is -2.35. The first kappa shape index (κ1) is 8.55. The summed E-state index contributed by atoms with van der Waals surface area (Å²) in [6, 6.07) is -0.271. The van der Waals surface area contributed by atoms with Gasteiger partial charge in [-0.05, 0) is 0 Å². The molecule has 0 saturated heterocycles. The van der Waals surface area contributed by atoms with Crippen LogP contribution in [0.2, 0.25) is 6.04 Å². The van der Waals surface area contributed by atoms with Gasteiger partial charge in [0.15, 0.2) is 0 Å². The Morgan fingerprint density at radius 1 is 1.67 bits per heavy atom. The Kier molecular flexibility index (Phi) is 4.21. The van der Waals surface area contributed by atoms with Gasteiger partial charge in [0, 0.05) is 12.5 Å². The van der Waals surface area contributed by atoms with E-state index < -0.39 is 15.4 Å². The summed E-state index contributed by atoms with van der Waals surface area (Å²) in [5.74, 6) is -0.553. The summed E-state index contributed by atoms with van der Waals surface area (Å²) in [4.78, 5) is 10.2. The molecule has 0 fully saturated rings. The van der Waals surface area contributed by atoms with Crippen molar-refractivity contribution in [3.63, 3.8) is 0 Å². The third kappa shape index (κ3) is 5.42. The summed E-state index contributed by atoms with van der Waals surface area (Å²) >= 11 is 0. The average molecular weight is 154 g/mol. The molecule has 0 rings (SSSR count). The lowest BCUT2D eigenvalue weighted by Crippen LogP contribution is -2.04. The molecule has 0 atom stereocenters. The van der Waals surface area contributed by atoms with E-state index >= 15 is 0 Å². The quantitative estimate of drug-likeness (QED) is 0.340. The average Bonchev–Trinajstić information content (AvgIpc) is 1.83. The Morgan fingerprint density at radius 3 is 2.56 bits per heavy atom. The number of rotatable bonds is 3. The number of ether oxygens (including phenoxy) is 1. The van der Waals surface area contributed by atoms with Crippen molar-refractivity contribution in [2.24, 2.45) is 0 Å². The summed E-state index contributed by atoms with van der Waals surface area (Å²) in [6.45, 7) is 0. The zero-order valence-electron chi connectivity index (χ0n) is 5.06. The molecule has 0 aliphatic carbocycles. The molecule has 0 aromatic heterocycles. The first-order valence-corrected chi connectivity index (χ1v) is 4.20. The first-order chi connectivity index (χ1) is 4.16. The van der Waals surface area contributed by atoms with E-state index in [1.165, 1.54) is 7.11 Å². The van der Waals surface area contributed by atoms with Crippen molar-refractivity contribution in [2.45, 2.75) is 12.5 Å². The van der Waals surface area contributed by atoms with E-state index in [2.05, 4.69) is 4.74 Å². The molecule has 0 amide bonds. The van der Waals surface area contributed by atoms with Gasteiger partial charge in [0.05, 0.1) is 7.11 Å². The molecule has 0 aromatic rings. The predicted octanol–water partition coefficient (Wildman–Crippen LogP) is 0.709. The first-order valence-electron chi connectivity index (χ1n) is 2.51. The minimum absolute atomic E-state index is 0.139. The van der Waals surface area contributed by atoms with Gasteiger partial charge in [-0.3, -0.25) is 13.0 Å². The Balaban J connectivity index is 3.17. The molecule has 0 bridgehead atoms. The summed E-state index contributed by atoms with van der Waals surface area (Å²) in [5.41, 5.74) is 0. The van der Waals surface area contributed by atoms with E-state index in [1.807, 2.05) is 0 Å². The number of methoxy groups -OCH3 is 1. The molecule has 0 aliphatic rings. The van der Waals surface area contributed by atoms with Crippen LogP contribution in [-0.4, -0.2) is 22.5 Å². The largest absolute Gasteiger partial charge is 0.469 e. The molecular weight excluding hydrogens is 146 g/mol. The van der Waals surface area contributed by atoms with Crippen LogP contribution in [0.3, 0.4) is 0 Å². The van der Waals surface area contributed by atoms with Crippen molar-refractivity contribution in [1.82, 2.24) is 0 Å². The van der Waals surface area contributed by atoms with E-state index in [9.17, 15) is 13.0 Å². The van der Waals surface area contributed by atoms with Crippen molar-refractivity contribution < 1.29 is 17.7 Å². The van der Waals surface area contributed by atoms with Gasteiger partial charge in [-0.25, -0.2) is 0 Å². The third-order valence-electron chi connectivity index (χ3n) is 0.794. The van der Waals surface area contributed by atoms with E-state index in [4.69, 9.17) is 0 Å². The molecule has 9 heavy (non-hydrogen) atoms. The molecular formula is C4H8F2O2Si. The molecule has 54 valence electrons. The standard InChI is InChI=1S/C4H8F2O2Si/c1-8-4(7)2-3-9(5)6/h9H,2-3H2,1H3. The number of carbonyl (C=O) groups excluding carboxylic acids is 1. The van der Waals surface area contributed by atoms with Gasteiger partial charge in [0.2, 0.25) is 0 Å². The maximum atomic E-state index is 11.5. The van der Waals surface area contributed by atoms with Crippen molar-refractivity contribution in [1.29, 1.82) is 0 Å². The second kappa shape index (κ2) is 4.43. The zero-order chi connectivity index (χ0) is 7.28. The fourth-order valence-corrected chi connectivity index (χ4v) is 0.783. The molecule has 2 nitrogen and oxygen atoms in total. The van der Waals surface area contributed by atoms with Gasteiger partial charge >= 0.3 is 15.4 Å². The Hall–Kier alpha value is -0.453. The minimum Gasteiger partial charge on any atom is -0.469 e. The molecule has 0 unspecified atom stereocenters. The molecule has 5 heteroatoms. The molecule has 0 aromatic carbocycles. The van der Waals surface area contributed by atoms with Gasteiger partial charge in [-0.2, -0.15) is 0 Å². The fraction of sp³-hybridized carbons (Fsp3) is 0.750. The maximum absolute atomic E-state index is 11.5. The molecule has 0 radical (unpaired) electrons. The second-order valence-electron chi connectivity index (χ2n) is 1.51. The van der Waals surface area contributed by atoms with Crippen LogP contribution in [0.1, 0.15) is 6.42 Å². The van der Waals surface area contributed by atoms with E-state index in [0.29, 0.717) is 0 Å². The Bertz CT molecular complexity index is 96.6. The highest BCUT2D eigenvalue weighted by atomic mass is 28.4. The van der Waals surface area contributed by atoms with Crippen molar-refractivity contribution in [2.75, 3.05) is 7.11 Å². The molecule has 0 heterocycles. The Morgan fingerprint density at radius 2 is 2.22 bits per heavy atom. The fourth-order valence-electron chi connectivity index (χ4n) is 0.329. The van der Waals surface area contributed by atoms with Crippen LogP contribution in [0.4, 0.5) is 8.22 Å². The lowest BCUT2D eigenvalue weighted by Gasteiger charge is -1.94. The van der Waals surface area contributed by atoms with Crippen LogP contribution in [0, 0.1) is 0 Å². The van der Waals surface area contributed by atoms with Crippen LogP contribution in [0.15, 0.2) is 0 Å². The van der Waals surface area contributed by atoms with Crippen LogP contribution < -0.4 is 0 Å². The van der Waals surface area contributed by atoms with E-state index in [-0.39, 0.29) is 12.5 Å². The monoisotopic (exact) mass is 154 g/mol. The molecule has 0 saturated carbocycles. The predicted molar refractivity (Wildman–Crippen MR) is 30.8 cm³/mol. The molecule has 0 aliphatic heterocycles. The van der Waals surface area contributed by atoms with Crippen LogP contribution in [-0.2, 0) is 9.53 Å². The minimum atomic E-state index is -3.54. The number of hydrogen-bond acceptors (Lipinski definition) is 2. The SMILES string of the molecule is COC(=O)CC[SiH](F)F. The number of carbonyl (C=O) groups is 1. The van der Waals surface area contributed by atoms with E-state index in [0.717, 1.165) is 0 Å². The number of halogens is 2. The number of hydrogen-bond donors (Lipinski definition) is 0. The van der Waals surface area contributed by atoms with Gasteiger partial charge in [0.1, 0.15) is 0 Å². The van der Waals surface area contributed by atoms with Gasteiger partial charge in [0.25, 0.3) is 0 Å². The number of esters is 1. The van der Waals surface area contributed by atoms with Crippen LogP contribution in [0.5, 0.6) is 0 Å². The summed E-state index contributed by atoms with van der Waals surface area (Å²) < 4.78 is 27.1. The lowest BCUT2D eigenvalue weighted by molar-refractivity contribution is -0.140. The highest BCUT2D eigenvalue weighted by molar-refractivity contribution is 6.42. The Labute approximate surface area is 53.8 Å².